The van der Waals surface area contributed by atoms with Crippen LogP contribution in [0, 0.1) is 0 Å². The molecular weight excluding hydrogens is 336 g/mol. The number of hydrogen-bond acceptors (Lipinski definition) is 4. The number of carbonyl (C=O) groups is 2. The number of carbonyl (C=O) groups excluding carboxylic acids is 1. The predicted molar refractivity (Wildman–Crippen MR) is 93.0 cm³/mol. The summed E-state index contributed by atoms with van der Waals surface area (Å²) in [5.74, 6) is -1.98. The van der Waals surface area contributed by atoms with Gasteiger partial charge < -0.3 is 14.4 Å². The van der Waals surface area contributed by atoms with Gasteiger partial charge in [0.25, 0.3) is 0 Å². The van der Waals surface area contributed by atoms with Gasteiger partial charge in [-0.25, -0.2) is 9.59 Å². The lowest BCUT2D eigenvalue weighted by Gasteiger charge is -2.28. The molecule has 0 atom stereocenters. The van der Waals surface area contributed by atoms with Crippen molar-refractivity contribution in [3.05, 3.63) is 69.7 Å². The standard InChI is InChI=1S/C19H16N2O5/c22-17(20-8-7-12-3-1-2-4-14(12)10-20)11-21-15-9-13(18(23)24)5-6-16(15)26-19(21)25/h1-6,9H,7-8,10-11H2,(H,23,24). The van der Waals surface area contributed by atoms with Crippen molar-refractivity contribution >= 4 is 23.0 Å². The molecule has 3 aromatic rings. The van der Waals surface area contributed by atoms with Crippen LogP contribution in [-0.4, -0.2) is 33.0 Å². The highest BCUT2D eigenvalue weighted by Gasteiger charge is 2.22. The van der Waals surface area contributed by atoms with E-state index in [0.717, 1.165) is 12.0 Å². The lowest BCUT2D eigenvalue weighted by molar-refractivity contribution is -0.132. The van der Waals surface area contributed by atoms with Crippen molar-refractivity contribution in [3.63, 3.8) is 0 Å². The number of hydrogen-bond donors (Lipinski definition) is 1. The van der Waals surface area contributed by atoms with Gasteiger partial charge in [-0.1, -0.05) is 24.3 Å². The predicted octanol–water partition coefficient (Wildman–Crippen LogP) is 1.88. The number of rotatable bonds is 3. The van der Waals surface area contributed by atoms with Crippen LogP contribution in [0.3, 0.4) is 0 Å². The molecule has 4 rings (SSSR count). The Bertz CT molecular complexity index is 1080. The highest BCUT2D eigenvalue weighted by atomic mass is 16.4. The molecule has 0 aliphatic carbocycles. The Morgan fingerprint density at radius 1 is 1.12 bits per heavy atom. The van der Waals surface area contributed by atoms with Gasteiger partial charge >= 0.3 is 11.7 Å². The van der Waals surface area contributed by atoms with E-state index in [-0.39, 0.29) is 23.6 Å². The summed E-state index contributed by atoms with van der Waals surface area (Å²) < 4.78 is 6.31. The van der Waals surface area contributed by atoms with Crippen LogP contribution in [0.1, 0.15) is 21.5 Å². The molecule has 2 heterocycles. The maximum Gasteiger partial charge on any atom is 0.420 e. The third-order valence-corrected chi connectivity index (χ3v) is 4.69. The van der Waals surface area contributed by atoms with Crippen LogP contribution in [0.4, 0.5) is 0 Å². The number of aromatic carboxylic acids is 1. The number of aromatic nitrogens is 1. The number of amides is 1. The number of benzene rings is 2. The van der Waals surface area contributed by atoms with Crippen LogP contribution in [0.5, 0.6) is 0 Å². The van der Waals surface area contributed by atoms with E-state index < -0.39 is 11.7 Å². The van der Waals surface area contributed by atoms with Crippen molar-refractivity contribution in [1.29, 1.82) is 0 Å². The molecule has 7 nitrogen and oxygen atoms in total. The van der Waals surface area contributed by atoms with Gasteiger partial charge in [0.1, 0.15) is 6.54 Å². The van der Waals surface area contributed by atoms with Crippen molar-refractivity contribution in [2.45, 2.75) is 19.5 Å². The maximum atomic E-state index is 12.7. The van der Waals surface area contributed by atoms with Gasteiger partial charge in [-0.15, -0.1) is 0 Å². The van der Waals surface area contributed by atoms with E-state index in [9.17, 15) is 14.4 Å². The van der Waals surface area contributed by atoms with E-state index in [1.165, 1.54) is 28.3 Å². The monoisotopic (exact) mass is 352 g/mol. The highest BCUT2D eigenvalue weighted by Crippen LogP contribution is 2.20. The van der Waals surface area contributed by atoms with Crippen LogP contribution >= 0.6 is 0 Å². The first kappa shape index (κ1) is 16.1. The third kappa shape index (κ3) is 2.77. The summed E-state index contributed by atoms with van der Waals surface area (Å²) in [6, 6.07) is 12.1. The summed E-state index contributed by atoms with van der Waals surface area (Å²) in [6.45, 7) is 0.901. The molecule has 1 aromatic heterocycles. The number of nitrogens with zero attached hydrogens (tertiary/aromatic N) is 2. The topological polar surface area (TPSA) is 92.7 Å². The third-order valence-electron chi connectivity index (χ3n) is 4.69. The molecule has 0 saturated carbocycles. The molecule has 0 bridgehead atoms. The van der Waals surface area contributed by atoms with Crippen LogP contribution in [0.25, 0.3) is 11.1 Å². The normalized spacial score (nSPS) is 13.6. The molecule has 0 saturated heterocycles. The Balaban J connectivity index is 1.62. The van der Waals surface area contributed by atoms with Crippen LogP contribution in [0.2, 0.25) is 0 Å². The summed E-state index contributed by atoms with van der Waals surface area (Å²) in [4.78, 5) is 37.7. The van der Waals surface area contributed by atoms with Crippen molar-refractivity contribution in [1.82, 2.24) is 9.47 Å². The lowest BCUT2D eigenvalue weighted by atomic mass is 10.00. The average molecular weight is 352 g/mol. The molecular formula is C19H16N2O5. The first-order valence-corrected chi connectivity index (χ1v) is 8.24. The molecule has 1 N–H and O–H groups in total. The van der Waals surface area contributed by atoms with E-state index in [1.807, 2.05) is 18.2 Å². The Morgan fingerprint density at radius 3 is 2.65 bits per heavy atom. The first-order valence-electron chi connectivity index (χ1n) is 8.24. The van der Waals surface area contributed by atoms with Crippen LogP contribution < -0.4 is 5.76 Å². The van der Waals surface area contributed by atoms with Gasteiger partial charge in [0.15, 0.2) is 5.58 Å². The molecule has 2 aromatic carbocycles. The lowest BCUT2D eigenvalue weighted by Crippen LogP contribution is -2.39. The van der Waals surface area contributed by atoms with Gasteiger partial charge in [-0.3, -0.25) is 9.36 Å². The number of oxazole rings is 1. The summed E-state index contributed by atoms with van der Waals surface area (Å²) in [7, 11) is 0. The molecule has 7 heteroatoms. The zero-order valence-corrected chi connectivity index (χ0v) is 13.8. The molecule has 0 unspecified atom stereocenters. The summed E-state index contributed by atoms with van der Waals surface area (Å²) >= 11 is 0. The van der Waals surface area contributed by atoms with E-state index in [2.05, 4.69) is 6.07 Å². The quantitative estimate of drug-likeness (QED) is 0.777. The second kappa shape index (κ2) is 6.18. The Labute approximate surface area is 148 Å². The minimum atomic E-state index is -1.11. The minimum absolute atomic E-state index is 0.0337. The van der Waals surface area contributed by atoms with E-state index >= 15 is 0 Å². The van der Waals surface area contributed by atoms with Gasteiger partial charge in [0.05, 0.1) is 11.1 Å². The fourth-order valence-electron chi connectivity index (χ4n) is 3.29. The van der Waals surface area contributed by atoms with Crippen molar-refractivity contribution < 1.29 is 19.1 Å². The summed E-state index contributed by atoms with van der Waals surface area (Å²) in [6.07, 6.45) is 0.770. The van der Waals surface area contributed by atoms with Gasteiger partial charge in [0, 0.05) is 13.1 Å². The zero-order chi connectivity index (χ0) is 18.3. The van der Waals surface area contributed by atoms with E-state index in [4.69, 9.17) is 9.52 Å². The Hall–Kier alpha value is -3.35. The summed E-state index contributed by atoms with van der Waals surface area (Å²) in [5.41, 5.74) is 2.93. The van der Waals surface area contributed by atoms with Gasteiger partial charge in [-0.05, 0) is 35.7 Å². The van der Waals surface area contributed by atoms with Gasteiger partial charge in [-0.2, -0.15) is 0 Å². The largest absolute Gasteiger partial charge is 0.478 e. The van der Waals surface area contributed by atoms with E-state index in [0.29, 0.717) is 18.6 Å². The fourth-order valence-corrected chi connectivity index (χ4v) is 3.29. The smallest absolute Gasteiger partial charge is 0.420 e. The SMILES string of the molecule is O=C(O)c1ccc2oc(=O)n(CC(=O)N3CCc4ccccc4C3)c2c1. The number of fused-ring (bicyclic) bond motifs is 2. The van der Waals surface area contributed by atoms with E-state index in [1.54, 1.807) is 4.90 Å². The molecule has 26 heavy (non-hydrogen) atoms. The first-order chi connectivity index (χ1) is 12.5. The number of carboxylic acid groups (broad SMARTS) is 1. The zero-order valence-electron chi connectivity index (χ0n) is 13.8. The second-order valence-corrected chi connectivity index (χ2v) is 6.28. The number of carboxylic acids is 1. The van der Waals surface area contributed by atoms with Crippen molar-refractivity contribution in [2.75, 3.05) is 6.54 Å². The summed E-state index contributed by atoms with van der Waals surface area (Å²) in [5, 5.41) is 9.13. The average Bonchev–Trinajstić information content (AvgIpc) is 2.96. The molecule has 1 aliphatic heterocycles. The van der Waals surface area contributed by atoms with Crippen LogP contribution in [-0.2, 0) is 24.3 Å². The highest BCUT2D eigenvalue weighted by molar-refractivity contribution is 5.92. The Kier molecular flexibility index (Phi) is 3.84. The molecule has 1 amide bonds. The molecule has 1 aliphatic rings. The van der Waals surface area contributed by atoms with Crippen LogP contribution in [0.15, 0.2) is 51.7 Å². The molecule has 0 radical (unpaired) electrons. The van der Waals surface area contributed by atoms with Gasteiger partial charge in [0.2, 0.25) is 5.91 Å². The second-order valence-electron chi connectivity index (χ2n) is 6.28. The van der Waals surface area contributed by atoms with Crippen molar-refractivity contribution in [3.8, 4) is 0 Å². The fraction of sp³-hybridized carbons (Fsp3) is 0.211. The Morgan fingerprint density at radius 2 is 1.88 bits per heavy atom. The van der Waals surface area contributed by atoms with Crippen molar-refractivity contribution in [2.24, 2.45) is 0 Å². The minimum Gasteiger partial charge on any atom is -0.478 e. The molecule has 132 valence electrons. The molecule has 0 fully saturated rings. The maximum absolute atomic E-state index is 12.7. The molecule has 0 spiro atoms.